The average Bonchev–Trinajstić information content (AvgIpc) is 3.39. The highest BCUT2D eigenvalue weighted by molar-refractivity contribution is 7.98. The van der Waals surface area contributed by atoms with E-state index in [1.807, 2.05) is 66.8 Å². The van der Waals surface area contributed by atoms with Gasteiger partial charge < -0.3 is 19.7 Å². The minimum absolute atomic E-state index is 0.0151. The van der Waals surface area contributed by atoms with Crippen molar-refractivity contribution in [2.75, 3.05) is 24.7 Å². The topological polar surface area (TPSA) is 93.9 Å². The second-order valence-electron chi connectivity index (χ2n) is 10.7. The smallest absolute Gasteiger partial charge is 0.410 e. The highest BCUT2D eigenvalue weighted by Gasteiger charge is 2.29. The lowest BCUT2D eigenvalue weighted by molar-refractivity contribution is 0.00662. The van der Waals surface area contributed by atoms with Crippen molar-refractivity contribution in [3.8, 4) is 6.01 Å². The molecule has 10 heteroatoms. The normalized spacial score (nSPS) is 15.8. The lowest BCUT2D eigenvalue weighted by Crippen LogP contribution is -2.46. The summed E-state index contributed by atoms with van der Waals surface area (Å²) in [6.45, 7) is 21.0. The molecule has 2 unspecified atom stereocenters. The molecule has 1 aliphatic rings. The van der Waals surface area contributed by atoms with E-state index in [0.717, 1.165) is 18.4 Å². The van der Waals surface area contributed by atoms with E-state index in [4.69, 9.17) is 19.4 Å². The molecule has 1 aliphatic heterocycles. The first-order valence-electron chi connectivity index (χ1n) is 14.9. The van der Waals surface area contributed by atoms with Gasteiger partial charge in [-0.2, -0.15) is 19.6 Å². The number of carbonyl (C=O) groups is 1. The zero-order valence-electron chi connectivity index (χ0n) is 26.8. The first-order chi connectivity index (χ1) is 19.6. The number of hydrogen-bond acceptors (Lipinski definition) is 8. The van der Waals surface area contributed by atoms with Crippen LogP contribution in [0, 0.1) is 0 Å². The van der Waals surface area contributed by atoms with Crippen molar-refractivity contribution in [2.45, 2.75) is 111 Å². The van der Waals surface area contributed by atoms with Gasteiger partial charge in [0.15, 0.2) is 5.65 Å². The number of amides is 1. The Hall–Kier alpha value is -3.01. The monoisotopic (exact) mass is 586 g/mol. The van der Waals surface area contributed by atoms with Gasteiger partial charge in [0.2, 0.25) is 5.95 Å². The van der Waals surface area contributed by atoms with Crippen molar-refractivity contribution < 1.29 is 14.3 Å². The van der Waals surface area contributed by atoms with Crippen LogP contribution in [0.1, 0.15) is 105 Å². The molecule has 3 aromatic rings. The Bertz CT molecular complexity index is 1240. The molecule has 0 bridgehead atoms. The largest absolute Gasteiger partial charge is 0.458 e. The number of aromatic nitrogens is 4. The van der Waals surface area contributed by atoms with E-state index in [-0.39, 0.29) is 30.2 Å². The van der Waals surface area contributed by atoms with E-state index in [9.17, 15) is 4.79 Å². The Morgan fingerprint density at radius 1 is 1.07 bits per heavy atom. The first-order valence-corrected chi connectivity index (χ1v) is 16.1. The molecular formula is C31H50N6O3S. The Balaban J connectivity index is 0.00000141. The number of hydrogen-bond donors (Lipinski definition) is 1. The number of thioether (sulfide) groups is 1. The molecule has 2 aromatic heterocycles. The van der Waals surface area contributed by atoms with Crippen LogP contribution >= 0.6 is 11.8 Å². The molecule has 228 valence electrons. The number of nitrogens with zero attached hydrogens (tertiary/aromatic N) is 5. The number of benzene rings is 1. The van der Waals surface area contributed by atoms with Crippen LogP contribution in [0.25, 0.3) is 5.65 Å². The highest BCUT2D eigenvalue weighted by Crippen LogP contribution is 2.30. The molecule has 1 aromatic carbocycles. The van der Waals surface area contributed by atoms with E-state index >= 15 is 0 Å². The van der Waals surface area contributed by atoms with Gasteiger partial charge in [-0.05, 0) is 64.3 Å². The van der Waals surface area contributed by atoms with Gasteiger partial charge in [-0.25, -0.2) is 4.79 Å². The molecular weight excluding hydrogens is 536 g/mol. The fraction of sp³-hybridized carbons (Fsp3) is 0.613. The fourth-order valence-electron chi connectivity index (χ4n) is 4.40. The van der Waals surface area contributed by atoms with Gasteiger partial charge in [-0.1, -0.05) is 59.7 Å². The van der Waals surface area contributed by atoms with Crippen LogP contribution in [-0.4, -0.2) is 61.6 Å². The molecule has 41 heavy (non-hydrogen) atoms. The second-order valence-corrected chi connectivity index (χ2v) is 11.6. The Kier molecular flexibility index (Phi) is 13.2. The molecule has 4 rings (SSSR count). The van der Waals surface area contributed by atoms with Crippen LogP contribution in [0.2, 0.25) is 0 Å². The number of nitrogens with one attached hydrogen (secondary N) is 1. The minimum Gasteiger partial charge on any atom is -0.458 e. The lowest BCUT2D eigenvalue weighted by atomic mass is 10.1. The molecule has 1 N–H and O–H groups in total. The van der Waals surface area contributed by atoms with Crippen LogP contribution in [0.15, 0.2) is 35.4 Å². The maximum absolute atomic E-state index is 12.6. The summed E-state index contributed by atoms with van der Waals surface area (Å²) in [6.07, 6.45) is 5.01. The Morgan fingerprint density at radius 3 is 2.39 bits per heavy atom. The summed E-state index contributed by atoms with van der Waals surface area (Å²) in [6, 6.07) is 8.59. The third-order valence-electron chi connectivity index (χ3n) is 6.25. The maximum Gasteiger partial charge on any atom is 0.410 e. The standard InChI is InChI=1S/C27H38N6O3S.2C2H6/c1-17(2)21-15-28-33-23(21)30-25(31-24(33)29-18(3)20-12-8-9-13-22(20)37-7)35-19-11-10-14-32(16-19)26(34)36-27(4,5)6;2*1-2/h8-9,12-13,15,17-19H,10-11,14,16H2,1-7H3,(H,29,30,31);2*1-2H3. The van der Waals surface area contributed by atoms with Crippen LogP contribution in [0.4, 0.5) is 10.7 Å². The predicted molar refractivity (Wildman–Crippen MR) is 169 cm³/mol. The molecule has 1 amide bonds. The van der Waals surface area contributed by atoms with E-state index < -0.39 is 5.60 Å². The quantitative estimate of drug-likeness (QED) is 0.279. The number of likely N-dealkylation sites (tertiary alicyclic amines) is 1. The van der Waals surface area contributed by atoms with Crippen molar-refractivity contribution in [3.05, 3.63) is 41.6 Å². The highest BCUT2D eigenvalue weighted by atomic mass is 32.2. The van der Waals surface area contributed by atoms with E-state index in [1.54, 1.807) is 21.2 Å². The molecule has 0 radical (unpaired) electrons. The van der Waals surface area contributed by atoms with Crippen LogP contribution < -0.4 is 10.1 Å². The van der Waals surface area contributed by atoms with Crippen LogP contribution in [0.3, 0.4) is 0 Å². The molecule has 3 heterocycles. The van der Waals surface area contributed by atoms with Crippen LogP contribution in [-0.2, 0) is 4.74 Å². The number of ether oxygens (including phenoxy) is 2. The second kappa shape index (κ2) is 15.8. The maximum atomic E-state index is 12.6. The molecule has 1 saturated heterocycles. The molecule has 1 fully saturated rings. The fourth-order valence-corrected chi connectivity index (χ4v) is 5.09. The summed E-state index contributed by atoms with van der Waals surface area (Å²) in [5.41, 5.74) is 2.38. The van der Waals surface area contributed by atoms with Gasteiger partial charge in [-0.15, -0.1) is 11.8 Å². The minimum atomic E-state index is -0.541. The van der Waals surface area contributed by atoms with Gasteiger partial charge in [0.05, 0.1) is 18.8 Å². The van der Waals surface area contributed by atoms with Crippen molar-refractivity contribution in [1.29, 1.82) is 0 Å². The Labute approximate surface area is 250 Å². The summed E-state index contributed by atoms with van der Waals surface area (Å²) in [5.74, 6) is 0.801. The summed E-state index contributed by atoms with van der Waals surface area (Å²) >= 11 is 1.72. The number of fused-ring (bicyclic) bond motifs is 1. The van der Waals surface area contributed by atoms with Crippen molar-refractivity contribution in [1.82, 2.24) is 24.5 Å². The van der Waals surface area contributed by atoms with Crippen molar-refractivity contribution in [3.63, 3.8) is 0 Å². The van der Waals surface area contributed by atoms with Crippen LogP contribution in [0.5, 0.6) is 6.01 Å². The SMILES string of the molecule is CC.CC.CSc1ccccc1C(C)Nc1nc(OC2CCCN(C(=O)OC(C)(C)C)C2)nc2c(C(C)C)cnn12. The van der Waals surface area contributed by atoms with E-state index in [2.05, 4.69) is 49.6 Å². The number of rotatable bonds is 7. The summed E-state index contributed by atoms with van der Waals surface area (Å²) in [5, 5.41) is 8.12. The van der Waals surface area contributed by atoms with Gasteiger partial charge in [0.1, 0.15) is 11.7 Å². The average molecular weight is 587 g/mol. The van der Waals surface area contributed by atoms with Crippen molar-refractivity contribution in [2.24, 2.45) is 0 Å². The summed E-state index contributed by atoms with van der Waals surface area (Å²) < 4.78 is 13.6. The predicted octanol–water partition coefficient (Wildman–Crippen LogP) is 7.97. The molecule has 2 atom stereocenters. The van der Waals surface area contributed by atoms with Gasteiger partial charge in [-0.3, -0.25) is 0 Å². The van der Waals surface area contributed by atoms with E-state index in [1.165, 1.54) is 10.5 Å². The van der Waals surface area contributed by atoms with Crippen molar-refractivity contribution >= 4 is 29.5 Å². The van der Waals surface area contributed by atoms with Gasteiger partial charge in [0, 0.05) is 17.0 Å². The summed E-state index contributed by atoms with van der Waals surface area (Å²) in [7, 11) is 0. The third kappa shape index (κ3) is 9.24. The van der Waals surface area contributed by atoms with E-state index in [0.29, 0.717) is 24.7 Å². The zero-order valence-corrected chi connectivity index (χ0v) is 27.6. The number of piperidine rings is 1. The molecule has 0 saturated carbocycles. The van der Waals surface area contributed by atoms with Gasteiger partial charge >= 0.3 is 12.1 Å². The molecule has 9 nitrogen and oxygen atoms in total. The molecule has 0 aliphatic carbocycles. The first kappa shape index (κ1) is 34.2. The summed E-state index contributed by atoms with van der Waals surface area (Å²) in [4.78, 5) is 25.0. The Morgan fingerprint density at radius 2 is 1.76 bits per heavy atom. The van der Waals surface area contributed by atoms with Gasteiger partial charge in [0.25, 0.3) is 0 Å². The zero-order chi connectivity index (χ0) is 30.7. The third-order valence-corrected chi connectivity index (χ3v) is 7.06. The molecule has 0 spiro atoms. The number of anilines is 1. The number of carbonyl (C=O) groups excluding carboxylic acids is 1. The lowest BCUT2D eigenvalue weighted by Gasteiger charge is -2.33.